The molecule has 1 aliphatic heterocycles. The molecule has 0 fully saturated rings. The summed E-state index contributed by atoms with van der Waals surface area (Å²) in [5, 5.41) is 0. The van der Waals surface area contributed by atoms with E-state index >= 15 is 0 Å². The van der Waals surface area contributed by atoms with Crippen LogP contribution >= 0.6 is 11.8 Å². The van der Waals surface area contributed by atoms with Gasteiger partial charge >= 0.3 is 5.97 Å². The van der Waals surface area contributed by atoms with Crippen molar-refractivity contribution in [1.82, 2.24) is 0 Å². The Hall–Kier alpha value is -1.99. The van der Waals surface area contributed by atoms with Gasteiger partial charge in [-0.05, 0) is 42.5 Å². The van der Waals surface area contributed by atoms with Crippen LogP contribution in [0.15, 0.2) is 58.3 Å². The molecule has 24 heavy (non-hydrogen) atoms. The highest BCUT2D eigenvalue weighted by Gasteiger charge is 2.28. The Morgan fingerprint density at radius 1 is 1.17 bits per heavy atom. The van der Waals surface area contributed by atoms with Crippen LogP contribution in [0.3, 0.4) is 0 Å². The molecule has 0 saturated heterocycles. The molecular weight excluding hydrogens is 346 g/mol. The lowest BCUT2D eigenvalue weighted by atomic mass is 10.2. The third kappa shape index (κ3) is 3.14. The molecular formula is C17H17NO4S2. The van der Waals surface area contributed by atoms with Crippen molar-refractivity contribution in [3.8, 4) is 0 Å². The van der Waals surface area contributed by atoms with E-state index in [4.69, 9.17) is 0 Å². The van der Waals surface area contributed by atoms with Crippen molar-refractivity contribution in [3.63, 3.8) is 0 Å². The van der Waals surface area contributed by atoms with Crippen molar-refractivity contribution in [2.75, 3.05) is 23.7 Å². The van der Waals surface area contributed by atoms with E-state index in [1.807, 2.05) is 24.3 Å². The van der Waals surface area contributed by atoms with Gasteiger partial charge in [-0.2, -0.15) is 0 Å². The Morgan fingerprint density at radius 2 is 1.96 bits per heavy atom. The Labute approximate surface area is 145 Å². The smallest absolute Gasteiger partial charge is 0.337 e. The number of esters is 1. The first kappa shape index (κ1) is 16.9. The summed E-state index contributed by atoms with van der Waals surface area (Å²) in [6.07, 6.45) is 0.759. The SMILES string of the molecule is COC(=O)c1cccc(S(=O)(=O)N2CCCSc3ccccc32)c1. The molecule has 5 nitrogen and oxygen atoms in total. The number of nitrogens with zero attached hydrogens (tertiary/aromatic N) is 1. The van der Waals surface area contributed by atoms with E-state index in [-0.39, 0.29) is 10.5 Å². The van der Waals surface area contributed by atoms with Crippen LogP contribution in [0.5, 0.6) is 0 Å². The Kier molecular flexibility index (Phi) is 4.82. The summed E-state index contributed by atoms with van der Waals surface area (Å²) in [6.45, 7) is 0.412. The number of thioether (sulfide) groups is 1. The van der Waals surface area contributed by atoms with Crippen molar-refractivity contribution in [2.24, 2.45) is 0 Å². The Morgan fingerprint density at radius 3 is 2.75 bits per heavy atom. The lowest BCUT2D eigenvalue weighted by Crippen LogP contribution is -2.32. The van der Waals surface area contributed by atoms with E-state index in [0.29, 0.717) is 12.2 Å². The van der Waals surface area contributed by atoms with Crippen molar-refractivity contribution in [1.29, 1.82) is 0 Å². The predicted molar refractivity (Wildman–Crippen MR) is 94.1 cm³/mol. The molecule has 2 aromatic carbocycles. The monoisotopic (exact) mass is 363 g/mol. The third-order valence-electron chi connectivity index (χ3n) is 3.74. The van der Waals surface area contributed by atoms with Crippen molar-refractivity contribution >= 4 is 33.4 Å². The molecule has 1 heterocycles. The molecule has 7 heteroatoms. The average Bonchev–Trinajstić information content (AvgIpc) is 2.84. The largest absolute Gasteiger partial charge is 0.465 e. The number of carbonyl (C=O) groups is 1. The van der Waals surface area contributed by atoms with Gasteiger partial charge in [0.1, 0.15) is 0 Å². The van der Waals surface area contributed by atoms with E-state index in [1.165, 1.54) is 29.6 Å². The zero-order valence-corrected chi connectivity index (χ0v) is 14.8. The minimum absolute atomic E-state index is 0.0899. The average molecular weight is 363 g/mol. The number of carbonyl (C=O) groups excluding carboxylic acids is 1. The van der Waals surface area contributed by atoms with Crippen LogP contribution < -0.4 is 4.31 Å². The van der Waals surface area contributed by atoms with E-state index in [2.05, 4.69) is 4.74 Å². The first-order chi connectivity index (χ1) is 11.5. The van der Waals surface area contributed by atoms with Gasteiger partial charge in [-0.25, -0.2) is 13.2 Å². The number of hydrogen-bond donors (Lipinski definition) is 0. The van der Waals surface area contributed by atoms with Gasteiger partial charge in [-0.3, -0.25) is 4.31 Å². The highest BCUT2D eigenvalue weighted by atomic mass is 32.2. The summed E-state index contributed by atoms with van der Waals surface area (Å²) < 4.78 is 32.4. The number of hydrogen-bond acceptors (Lipinski definition) is 5. The van der Waals surface area contributed by atoms with Crippen LogP contribution in [0.4, 0.5) is 5.69 Å². The maximum Gasteiger partial charge on any atom is 0.337 e. The van der Waals surface area contributed by atoms with E-state index in [0.717, 1.165) is 17.1 Å². The highest BCUT2D eigenvalue weighted by Crippen LogP contribution is 2.36. The zero-order chi connectivity index (χ0) is 17.2. The zero-order valence-electron chi connectivity index (χ0n) is 13.1. The van der Waals surface area contributed by atoms with Gasteiger partial charge in [0.05, 0.1) is 23.3 Å². The normalized spacial score (nSPS) is 14.6. The van der Waals surface area contributed by atoms with Crippen LogP contribution in [0.1, 0.15) is 16.8 Å². The van der Waals surface area contributed by atoms with E-state index in [1.54, 1.807) is 17.8 Å². The van der Waals surface area contributed by atoms with Crippen molar-refractivity contribution in [2.45, 2.75) is 16.2 Å². The summed E-state index contributed by atoms with van der Waals surface area (Å²) in [7, 11) is -2.48. The van der Waals surface area contributed by atoms with Gasteiger partial charge in [0, 0.05) is 11.4 Å². The van der Waals surface area contributed by atoms with Gasteiger partial charge in [-0.15, -0.1) is 11.8 Å². The Bertz CT molecular complexity index is 864. The first-order valence-corrected chi connectivity index (χ1v) is 9.89. The summed E-state index contributed by atoms with van der Waals surface area (Å²) in [4.78, 5) is 12.7. The molecule has 0 radical (unpaired) electrons. The van der Waals surface area contributed by atoms with Crippen LogP contribution in [0, 0.1) is 0 Å². The fourth-order valence-corrected chi connectivity index (χ4v) is 5.19. The van der Waals surface area contributed by atoms with Gasteiger partial charge < -0.3 is 4.74 Å². The maximum absolute atomic E-state index is 13.1. The maximum atomic E-state index is 13.1. The molecule has 0 unspecified atom stereocenters. The molecule has 0 saturated carbocycles. The highest BCUT2D eigenvalue weighted by molar-refractivity contribution is 7.99. The second kappa shape index (κ2) is 6.86. The summed E-state index contributed by atoms with van der Waals surface area (Å²) in [5.41, 5.74) is 0.902. The third-order valence-corrected chi connectivity index (χ3v) is 6.70. The number of benzene rings is 2. The van der Waals surface area contributed by atoms with Crippen LogP contribution in [0.25, 0.3) is 0 Å². The fraction of sp³-hybridized carbons (Fsp3) is 0.235. The van der Waals surface area contributed by atoms with Gasteiger partial charge in [0.2, 0.25) is 0 Å². The molecule has 1 aliphatic rings. The topological polar surface area (TPSA) is 63.7 Å². The van der Waals surface area contributed by atoms with E-state index in [9.17, 15) is 13.2 Å². The molecule has 0 amide bonds. The lowest BCUT2D eigenvalue weighted by Gasteiger charge is -2.24. The number of sulfonamides is 1. The number of ether oxygens (including phenoxy) is 1. The lowest BCUT2D eigenvalue weighted by molar-refractivity contribution is 0.0600. The van der Waals surface area contributed by atoms with Gasteiger partial charge in [-0.1, -0.05) is 18.2 Å². The van der Waals surface area contributed by atoms with Crippen molar-refractivity contribution < 1.29 is 17.9 Å². The quantitative estimate of drug-likeness (QED) is 0.784. The van der Waals surface area contributed by atoms with Crippen LogP contribution in [-0.4, -0.2) is 33.8 Å². The van der Waals surface area contributed by atoms with Gasteiger partial charge in [0.25, 0.3) is 10.0 Å². The summed E-state index contributed by atoms with van der Waals surface area (Å²) >= 11 is 1.66. The molecule has 2 aromatic rings. The number of methoxy groups -OCH3 is 1. The minimum Gasteiger partial charge on any atom is -0.465 e. The number of fused-ring (bicyclic) bond motifs is 1. The minimum atomic E-state index is -3.75. The molecule has 0 N–H and O–H groups in total. The Balaban J connectivity index is 2.07. The van der Waals surface area contributed by atoms with Crippen LogP contribution in [0.2, 0.25) is 0 Å². The van der Waals surface area contributed by atoms with E-state index < -0.39 is 16.0 Å². The molecule has 0 atom stereocenters. The molecule has 0 bridgehead atoms. The molecule has 0 aromatic heterocycles. The van der Waals surface area contributed by atoms with Crippen LogP contribution in [-0.2, 0) is 14.8 Å². The summed E-state index contributed by atoms with van der Waals surface area (Å²) in [5.74, 6) is 0.310. The van der Waals surface area contributed by atoms with Gasteiger partial charge in [0.15, 0.2) is 0 Å². The number of anilines is 1. The second-order valence-electron chi connectivity index (χ2n) is 5.27. The standard InChI is InChI=1S/C17H17NO4S2/c1-22-17(19)13-6-4-7-14(12-13)24(20,21)18-10-5-11-23-16-9-3-2-8-15(16)18/h2-4,6-9,12H,5,10-11H2,1H3. The first-order valence-electron chi connectivity index (χ1n) is 7.47. The van der Waals surface area contributed by atoms with Crippen molar-refractivity contribution in [3.05, 3.63) is 54.1 Å². The molecule has 0 spiro atoms. The molecule has 0 aliphatic carbocycles. The summed E-state index contributed by atoms with van der Waals surface area (Å²) in [6, 6.07) is 13.4. The predicted octanol–water partition coefficient (Wildman–Crippen LogP) is 3.16. The number of rotatable bonds is 3. The molecule has 126 valence electrons. The molecule has 3 rings (SSSR count). The fourth-order valence-electron chi connectivity index (χ4n) is 2.57. The number of para-hydroxylation sites is 1. The second-order valence-corrected chi connectivity index (χ2v) is 8.27.